The standard InChI is InChI=1S/C28H54O/c1-3-5-7-9-11-13-14-15-16-17-18-19-21-23-25-27-28(29)26-24-22-20-12-10-8-6-4-2/h15-16H,3-14,17-27H2,1-2H3. The van der Waals surface area contributed by atoms with Gasteiger partial charge in [0.1, 0.15) is 5.78 Å². The van der Waals surface area contributed by atoms with Crippen LogP contribution in [0.1, 0.15) is 162 Å². The lowest BCUT2D eigenvalue weighted by Gasteiger charge is -2.03. The Labute approximate surface area is 184 Å². The van der Waals surface area contributed by atoms with Gasteiger partial charge in [0.2, 0.25) is 0 Å². The van der Waals surface area contributed by atoms with Crippen LogP contribution in [0.4, 0.5) is 0 Å². The van der Waals surface area contributed by atoms with Crippen LogP contribution in [0.3, 0.4) is 0 Å². The van der Waals surface area contributed by atoms with Gasteiger partial charge >= 0.3 is 0 Å². The van der Waals surface area contributed by atoms with Gasteiger partial charge in [0, 0.05) is 12.8 Å². The molecule has 0 aromatic heterocycles. The highest BCUT2D eigenvalue weighted by Gasteiger charge is 2.02. The van der Waals surface area contributed by atoms with E-state index in [1.807, 2.05) is 0 Å². The third-order valence-electron chi connectivity index (χ3n) is 6.03. The van der Waals surface area contributed by atoms with E-state index in [-0.39, 0.29) is 0 Å². The molecular weight excluding hydrogens is 352 g/mol. The lowest BCUT2D eigenvalue weighted by Crippen LogP contribution is -1.97. The molecular formula is C28H54O. The Hall–Kier alpha value is -0.590. The molecule has 29 heavy (non-hydrogen) atoms. The first-order valence-corrected chi connectivity index (χ1v) is 13.5. The predicted molar refractivity (Wildman–Crippen MR) is 132 cm³/mol. The highest BCUT2D eigenvalue weighted by Crippen LogP contribution is 2.13. The van der Waals surface area contributed by atoms with Crippen LogP contribution in [0.5, 0.6) is 0 Å². The maximum atomic E-state index is 11.9. The molecule has 0 aliphatic rings. The number of unbranched alkanes of at least 4 members (excludes halogenated alkanes) is 18. The van der Waals surface area contributed by atoms with Crippen molar-refractivity contribution in [2.24, 2.45) is 0 Å². The fraction of sp³-hybridized carbons (Fsp3) is 0.893. The molecule has 0 spiro atoms. The largest absolute Gasteiger partial charge is 0.300 e. The van der Waals surface area contributed by atoms with E-state index >= 15 is 0 Å². The van der Waals surface area contributed by atoms with E-state index < -0.39 is 0 Å². The van der Waals surface area contributed by atoms with Crippen LogP contribution in [-0.4, -0.2) is 5.78 Å². The normalized spacial score (nSPS) is 11.5. The smallest absolute Gasteiger partial charge is 0.132 e. The van der Waals surface area contributed by atoms with Gasteiger partial charge in [0.15, 0.2) is 0 Å². The summed E-state index contributed by atoms with van der Waals surface area (Å²) in [5.74, 6) is 0.508. The third kappa shape index (κ3) is 25.4. The van der Waals surface area contributed by atoms with E-state index in [1.54, 1.807) is 0 Å². The molecule has 0 saturated heterocycles. The average molecular weight is 407 g/mol. The first-order valence-electron chi connectivity index (χ1n) is 13.5. The molecule has 0 N–H and O–H groups in total. The van der Waals surface area contributed by atoms with Gasteiger partial charge in [-0.15, -0.1) is 0 Å². The van der Waals surface area contributed by atoms with Gasteiger partial charge in [0.05, 0.1) is 0 Å². The Balaban J connectivity index is 3.19. The molecule has 0 saturated carbocycles. The van der Waals surface area contributed by atoms with Crippen molar-refractivity contribution in [3.05, 3.63) is 12.2 Å². The molecule has 0 heterocycles. The molecule has 0 aromatic rings. The van der Waals surface area contributed by atoms with Crippen LogP contribution >= 0.6 is 0 Å². The lowest BCUT2D eigenvalue weighted by molar-refractivity contribution is -0.119. The van der Waals surface area contributed by atoms with Crippen molar-refractivity contribution < 1.29 is 4.79 Å². The zero-order chi connectivity index (χ0) is 21.3. The summed E-state index contributed by atoms with van der Waals surface area (Å²) in [6, 6.07) is 0. The first kappa shape index (κ1) is 28.4. The van der Waals surface area contributed by atoms with E-state index in [1.165, 1.54) is 122 Å². The van der Waals surface area contributed by atoms with Crippen LogP contribution < -0.4 is 0 Å². The van der Waals surface area contributed by atoms with E-state index in [4.69, 9.17) is 0 Å². The van der Waals surface area contributed by atoms with Gasteiger partial charge in [0.25, 0.3) is 0 Å². The lowest BCUT2D eigenvalue weighted by atomic mass is 10.0. The van der Waals surface area contributed by atoms with E-state index in [0.29, 0.717) is 5.78 Å². The molecule has 0 aromatic carbocycles. The minimum absolute atomic E-state index is 0.508. The van der Waals surface area contributed by atoms with Crippen LogP contribution in [0, 0.1) is 0 Å². The summed E-state index contributed by atoms with van der Waals surface area (Å²) in [7, 11) is 0. The Kier molecular flexibility index (Phi) is 24.9. The fourth-order valence-corrected chi connectivity index (χ4v) is 3.97. The van der Waals surface area contributed by atoms with Crippen molar-refractivity contribution >= 4 is 5.78 Å². The summed E-state index contributed by atoms with van der Waals surface area (Å²) in [5.41, 5.74) is 0. The molecule has 0 fully saturated rings. The molecule has 0 aliphatic heterocycles. The summed E-state index contributed by atoms with van der Waals surface area (Å²) >= 11 is 0. The Morgan fingerprint density at radius 3 is 1.14 bits per heavy atom. The Morgan fingerprint density at radius 2 is 0.759 bits per heavy atom. The maximum Gasteiger partial charge on any atom is 0.132 e. The SMILES string of the molecule is CCCCCCCCC=CCCCCCCCC(=O)CCCCCCCCCC. The van der Waals surface area contributed by atoms with Gasteiger partial charge in [-0.2, -0.15) is 0 Å². The van der Waals surface area contributed by atoms with Crippen LogP contribution in [-0.2, 0) is 4.79 Å². The molecule has 0 unspecified atom stereocenters. The number of hydrogen-bond acceptors (Lipinski definition) is 1. The fourth-order valence-electron chi connectivity index (χ4n) is 3.97. The molecule has 0 aliphatic carbocycles. The summed E-state index contributed by atoms with van der Waals surface area (Å²) in [5, 5.41) is 0. The summed E-state index contributed by atoms with van der Waals surface area (Å²) in [6.45, 7) is 4.54. The van der Waals surface area contributed by atoms with Gasteiger partial charge in [-0.05, 0) is 38.5 Å². The second kappa shape index (κ2) is 25.4. The molecule has 0 rings (SSSR count). The number of hydrogen-bond donors (Lipinski definition) is 0. The van der Waals surface area contributed by atoms with E-state index in [9.17, 15) is 4.79 Å². The van der Waals surface area contributed by atoms with E-state index in [0.717, 1.165) is 25.7 Å². The number of Topliss-reactive ketones (excluding diaryl/α,β-unsaturated/α-hetero) is 1. The zero-order valence-corrected chi connectivity index (χ0v) is 20.3. The van der Waals surface area contributed by atoms with Crippen LogP contribution in [0.15, 0.2) is 12.2 Å². The van der Waals surface area contributed by atoms with Crippen LogP contribution in [0.2, 0.25) is 0 Å². The van der Waals surface area contributed by atoms with Crippen molar-refractivity contribution in [2.45, 2.75) is 162 Å². The molecule has 1 heteroatoms. The molecule has 0 bridgehead atoms. The average Bonchev–Trinajstić information content (AvgIpc) is 2.72. The van der Waals surface area contributed by atoms with E-state index in [2.05, 4.69) is 26.0 Å². The predicted octanol–water partition coefficient (Wildman–Crippen LogP) is 10.1. The number of carbonyl (C=O) groups excluding carboxylic acids is 1. The highest BCUT2D eigenvalue weighted by atomic mass is 16.1. The monoisotopic (exact) mass is 406 g/mol. The minimum atomic E-state index is 0.508. The topological polar surface area (TPSA) is 17.1 Å². The second-order valence-electron chi connectivity index (χ2n) is 9.10. The maximum absolute atomic E-state index is 11.9. The summed E-state index contributed by atoms with van der Waals surface area (Å²) in [6.07, 6.45) is 34.2. The highest BCUT2D eigenvalue weighted by molar-refractivity contribution is 5.78. The van der Waals surface area contributed by atoms with Crippen LogP contribution in [0.25, 0.3) is 0 Å². The number of ketones is 1. The molecule has 0 amide bonds. The molecule has 0 radical (unpaired) electrons. The van der Waals surface area contributed by atoms with Gasteiger partial charge < -0.3 is 0 Å². The van der Waals surface area contributed by atoms with Crippen molar-refractivity contribution in [1.82, 2.24) is 0 Å². The Bertz CT molecular complexity index is 344. The Morgan fingerprint density at radius 1 is 0.448 bits per heavy atom. The summed E-state index contributed by atoms with van der Waals surface area (Å²) in [4.78, 5) is 11.9. The third-order valence-corrected chi connectivity index (χ3v) is 6.03. The van der Waals surface area contributed by atoms with Gasteiger partial charge in [-0.1, -0.05) is 122 Å². The number of rotatable bonds is 24. The van der Waals surface area contributed by atoms with Crippen molar-refractivity contribution in [3.8, 4) is 0 Å². The quantitative estimate of drug-likeness (QED) is 0.115. The molecule has 172 valence electrons. The number of carbonyl (C=O) groups is 1. The van der Waals surface area contributed by atoms with Gasteiger partial charge in [-0.25, -0.2) is 0 Å². The molecule has 0 atom stereocenters. The zero-order valence-electron chi connectivity index (χ0n) is 20.3. The van der Waals surface area contributed by atoms with Crippen molar-refractivity contribution in [3.63, 3.8) is 0 Å². The van der Waals surface area contributed by atoms with Gasteiger partial charge in [-0.3, -0.25) is 4.79 Å². The van der Waals surface area contributed by atoms with Crippen molar-refractivity contribution in [2.75, 3.05) is 0 Å². The van der Waals surface area contributed by atoms with Crippen molar-refractivity contribution in [1.29, 1.82) is 0 Å². The second-order valence-corrected chi connectivity index (χ2v) is 9.10. The summed E-state index contributed by atoms with van der Waals surface area (Å²) < 4.78 is 0. The first-order chi connectivity index (χ1) is 14.3. The molecule has 1 nitrogen and oxygen atoms in total. The minimum Gasteiger partial charge on any atom is -0.300 e. The number of allylic oxidation sites excluding steroid dienone is 2.